The number of morpholine rings is 1. The van der Waals surface area contributed by atoms with E-state index < -0.39 is 5.97 Å². The molecule has 1 aromatic rings. The first kappa shape index (κ1) is 15.1. The first-order valence-electron chi connectivity index (χ1n) is 6.61. The van der Waals surface area contributed by atoms with E-state index in [0.29, 0.717) is 18.2 Å². The molecule has 0 aromatic carbocycles. The van der Waals surface area contributed by atoms with Crippen molar-refractivity contribution in [2.75, 3.05) is 26.2 Å². The predicted molar refractivity (Wildman–Crippen MR) is 74.5 cm³/mol. The molecule has 1 aliphatic heterocycles. The van der Waals surface area contributed by atoms with Crippen molar-refractivity contribution in [1.29, 1.82) is 0 Å². The minimum atomic E-state index is -1.17. The summed E-state index contributed by atoms with van der Waals surface area (Å²) in [5, 5.41) is 9.68. The summed E-state index contributed by atoms with van der Waals surface area (Å²) >= 11 is 1.13. The molecule has 1 atom stereocenters. The Kier molecular flexibility index (Phi) is 4.85. The van der Waals surface area contributed by atoms with Gasteiger partial charge in [-0.3, -0.25) is 9.69 Å². The number of aromatic carboxylic acids is 1. The standard InChI is InChI=1S/C13H18N2O4S/c1-3-4-15-5-6-19-9(7-15)12-14-10(13(17)18)11(20-12)8(2)16/h9H,3-7H2,1-2H3,(H,17,18). The summed E-state index contributed by atoms with van der Waals surface area (Å²) in [5.74, 6) is -1.44. The van der Waals surface area contributed by atoms with Gasteiger partial charge in [0.1, 0.15) is 16.0 Å². The lowest BCUT2D eigenvalue weighted by atomic mass is 10.2. The molecular formula is C13H18N2O4S. The molecule has 0 bridgehead atoms. The SMILES string of the molecule is CCCN1CCOC(c2nc(C(=O)O)c(C(C)=O)s2)C1. The summed E-state index contributed by atoms with van der Waals surface area (Å²) in [7, 11) is 0. The van der Waals surface area contributed by atoms with Crippen LogP contribution in [-0.4, -0.2) is 53.0 Å². The maximum atomic E-state index is 11.5. The Balaban J connectivity index is 2.22. The van der Waals surface area contributed by atoms with Gasteiger partial charge >= 0.3 is 5.97 Å². The molecule has 20 heavy (non-hydrogen) atoms. The minimum Gasteiger partial charge on any atom is -0.476 e. The Hall–Kier alpha value is -1.31. The first-order valence-corrected chi connectivity index (χ1v) is 7.43. The molecule has 1 aliphatic rings. The lowest BCUT2D eigenvalue weighted by molar-refractivity contribution is -0.0299. The van der Waals surface area contributed by atoms with E-state index in [9.17, 15) is 9.59 Å². The number of carboxylic acids is 1. The van der Waals surface area contributed by atoms with E-state index in [0.717, 1.165) is 30.8 Å². The smallest absolute Gasteiger partial charge is 0.356 e. The third-order valence-corrected chi connectivity index (χ3v) is 4.38. The van der Waals surface area contributed by atoms with Crippen LogP contribution in [0.2, 0.25) is 0 Å². The van der Waals surface area contributed by atoms with Crippen molar-refractivity contribution in [2.45, 2.75) is 26.4 Å². The molecule has 1 aromatic heterocycles. The molecule has 1 unspecified atom stereocenters. The van der Waals surface area contributed by atoms with Crippen LogP contribution in [0.25, 0.3) is 0 Å². The Labute approximate surface area is 121 Å². The molecule has 0 saturated carbocycles. The zero-order chi connectivity index (χ0) is 14.7. The lowest BCUT2D eigenvalue weighted by Gasteiger charge is -2.31. The normalized spacial score (nSPS) is 20.0. The number of ketones is 1. The largest absolute Gasteiger partial charge is 0.476 e. The fourth-order valence-corrected chi connectivity index (χ4v) is 3.22. The number of carbonyl (C=O) groups is 2. The molecule has 2 rings (SSSR count). The van der Waals surface area contributed by atoms with Gasteiger partial charge in [0, 0.05) is 20.0 Å². The van der Waals surface area contributed by atoms with Crippen LogP contribution in [0, 0.1) is 0 Å². The molecule has 0 spiro atoms. The number of thiazole rings is 1. The quantitative estimate of drug-likeness (QED) is 0.835. The van der Waals surface area contributed by atoms with E-state index in [1.165, 1.54) is 6.92 Å². The predicted octanol–water partition coefficient (Wildman–Crippen LogP) is 1.83. The molecule has 2 heterocycles. The highest BCUT2D eigenvalue weighted by molar-refractivity contribution is 7.14. The van der Waals surface area contributed by atoms with Crippen LogP contribution >= 0.6 is 11.3 Å². The summed E-state index contributed by atoms with van der Waals surface area (Å²) in [6.07, 6.45) is 0.815. The highest BCUT2D eigenvalue weighted by Crippen LogP contribution is 2.29. The van der Waals surface area contributed by atoms with Crippen molar-refractivity contribution in [3.8, 4) is 0 Å². The van der Waals surface area contributed by atoms with Gasteiger partial charge in [0.2, 0.25) is 0 Å². The molecule has 0 radical (unpaired) electrons. The van der Waals surface area contributed by atoms with Gasteiger partial charge in [-0.25, -0.2) is 9.78 Å². The Morgan fingerprint density at radius 1 is 1.55 bits per heavy atom. The van der Waals surface area contributed by atoms with Crippen molar-refractivity contribution in [3.63, 3.8) is 0 Å². The van der Waals surface area contributed by atoms with Crippen molar-refractivity contribution >= 4 is 23.1 Å². The van der Waals surface area contributed by atoms with Gasteiger partial charge < -0.3 is 9.84 Å². The number of carbonyl (C=O) groups excluding carboxylic acids is 1. The van der Waals surface area contributed by atoms with E-state index in [2.05, 4.69) is 16.8 Å². The van der Waals surface area contributed by atoms with E-state index in [1.807, 2.05) is 0 Å². The van der Waals surface area contributed by atoms with Crippen LogP contribution in [0.3, 0.4) is 0 Å². The third kappa shape index (κ3) is 3.23. The van der Waals surface area contributed by atoms with E-state index >= 15 is 0 Å². The van der Waals surface area contributed by atoms with Crippen LogP contribution in [-0.2, 0) is 4.74 Å². The third-order valence-electron chi connectivity index (χ3n) is 3.13. The number of hydrogen-bond acceptors (Lipinski definition) is 6. The fourth-order valence-electron chi connectivity index (χ4n) is 2.23. The second kappa shape index (κ2) is 6.43. The zero-order valence-electron chi connectivity index (χ0n) is 11.6. The maximum Gasteiger partial charge on any atom is 0.356 e. The minimum absolute atomic E-state index is 0.159. The molecular weight excluding hydrogens is 280 g/mol. The highest BCUT2D eigenvalue weighted by Gasteiger charge is 2.28. The highest BCUT2D eigenvalue weighted by atomic mass is 32.1. The van der Waals surface area contributed by atoms with Gasteiger partial charge in [-0.05, 0) is 13.0 Å². The molecule has 7 heteroatoms. The fraction of sp³-hybridized carbons (Fsp3) is 0.615. The molecule has 1 N–H and O–H groups in total. The average molecular weight is 298 g/mol. The summed E-state index contributed by atoms with van der Waals surface area (Å²) < 4.78 is 5.67. The topological polar surface area (TPSA) is 79.7 Å². The summed E-state index contributed by atoms with van der Waals surface area (Å²) in [5.41, 5.74) is -0.159. The zero-order valence-corrected chi connectivity index (χ0v) is 12.4. The molecule has 0 amide bonds. The maximum absolute atomic E-state index is 11.5. The van der Waals surface area contributed by atoms with Gasteiger partial charge in [0.25, 0.3) is 0 Å². The number of nitrogens with zero attached hydrogens (tertiary/aromatic N) is 2. The monoisotopic (exact) mass is 298 g/mol. The van der Waals surface area contributed by atoms with Crippen molar-refractivity contribution in [3.05, 3.63) is 15.6 Å². The number of ether oxygens (including phenoxy) is 1. The molecule has 110 valence electrons. The summed E-state index contributed by atoms with van der Waals surface area (Å²) in [6.45, 7) is 6.62. The van der Waals surface area contributed by atoms with Crippen LogP contribution in [0.4, 0.5) is 0 Å². The molecule has 0 aliphatic carbocycles. The van der Waals surface area contributed by atoms with Gasteiger partial charge in [0.15, 0.2) is 11.5 Å². The number of Topliss-reactive ketones (excluding diaryl/α,β-unsaturated/α-hetero) is 1. The van der Waals surface area contributed by atoms with E-state index in [4.69, 9.17) is 9.84 Å². The van der Waals surface area contributed by atoms with Gasteiger partial charge in [-0.1, -0.05) is 6.92 Å². The molecule has 6 nitrogen and oxygen atoms in total. The van der Waals surface area contributed by atoms with Gasteiger partial charge in [-0.15, -0.1) is 11.3 Å². The van der Waals surface area contributed by atoms with Crippen LogP contribution in [0.15, 0.2) is 0 Å². The molecule has 1 saturated heterocycles. The number of aromatic nitrogens is 1. The molecule has 1 fully saturated rings. The lowest BCUT2D eigenvalue weighted by Crippen LogP contribution is -2.38. The number of hydrogen-bond donors (Lipinski definition) is 1. The van der Waals surface area contributed by atoms with Crippen molar-refractivity contribution < 1.29 is 19.4 Å². The first-order chi connectivity index (χ1) is 9.52. The van der Waals surface area contributed by atoms with Gasteiger partial charge in [-0.2, -0.15) is 0 Å². The van der Waals surface area contributed by atoms with Crippen molar-refractivity contribution in [2.24, 2.45) is 0 Å². The van der Waals surface area contributed by atoms with Gasteiger partial charge in [0.05, 0.1) is 6.61 Å². The van der Waals surface area contributed by atoms with E-state index in [1.54, 1.807) is 0 Å². The van der Waals surface area contributed by atoms with Crippen LogP contribution < -0.4 is 0 Å². The number of carboxylic acid groups (broad SMARTS) is 1. The summed E-state index contributed by atoms with van der Waals surface area (Å²) in [4.78, 5) is 29.2. The van der Waals surface area contributed by atoms with Crippen LogP contribution in [0.5, 0.6) is 0 Å². The second-order valence-electron chi connectivity index (χ2n) is 4.75. The number of rotatable bonds is 5. The Bertz CT molecular complexity index is 481. The average Bonchev–Trinajstić information content (AvgIpc) is 2.85. The summed E-state index contributed by atoms with van der Waals surface area (Å²) in [6, 6.07) is 0. The Morgan fingerprint density at radius 2 is 2.30 bits per heavy atom. The second-order valence-corrected chi connectivity index (χ2v) is 5.78. The Morgan fingerprint density at radius 3 is 2.85 bits per heavy atom. The van der Waals surface area contributed by atoms with E-state index in [-0.39, 0.29) is 22.5 Å². The van der Waals surface area contributed by atoms with Crippen molar-refractivity contribution in [1.82, 2.24) is 9.88 Å². The van der Waals surface area contributed by atoms with Crippen LogP contribution in [0.1, 0.15) is 51.5 Å².